The van der Waals surface area contributed by atoms with Gasteiger partial charge in [-0.3, -0.25) is 0 Å². The number of pyridine rings is 1. The van der Waals surface area contributed by atoms with Gasteiger partial charge in [-0.2, -0.15) is 0 Å². The molecule has 0 aliphatic carbocycles. The van der Waals surface area contributed by atoms with Crippen LogP contribution in [0.2, 0.25) is 0 Å². The molecule has 0 aromatic carbocycles. The molecule has 0 N–H and O–H groups in total. The zero-order chi connectivity index (χ0) is 11.4. The maximum atomic E-state index is 5.53. The van der Waals surface area contributed by atoms with Crippen LogP contribution < -0.4 is 0 Å². The van der Waals surface area contributed by atoms with E-state index in [1.54, 1.807) is 17.5 Å². The Morgan fingerprint density at radius 1 is 1.50 bits per heavy atom. The van der Waals surface area contributed by atoms with Crippen LogP contribution >= 0.6 is 27.3 Å². The van der Waals surface area contributed by atoms with Crippen LogP contribution in [-0.2, 0) is 11.3 Å². The molecule has 0 saturated heterocycles. The van der Waals surface area contributed by atoms with E-state index in [-0.39, 0.29) is 0 Å². The Bertz CT molecular complexity index is 472. The highest BCUT2D eigenvalue weighted by atomic mass is 79.9. The molecule has 0 fully saturated rings. The van der Waals surface area contributed by atoms with Crippen LogP contribution in [-0.4, -0.2) is 16.6 Å². The largest absolute Gasteiger partial charge is 0.374 e. The summed E-state index contributed by atoms with van der Waals surface area (Å²) in [5.41, 5.74) is 0.938. The molecular formula is C11H13BrN2OS. The van der Waals surface area contributed by atoms with Gasteiger partial charge in [0.15, 0.2) is 0 Å². The van der Waals surface area contributed by atoms with Crippen LogP contribution in [0.4, 0.5) is 0 Å². The molecule has 86 valence electrons. The lowest BCUT2D eigenvalue weighted by Gasteiger charge is -1.98. The fraction of sp³-hybridized carbons (Fsp3) is 0.455. The Morgan fingerprint density at radius 3 is 3.19 bits per heavy atom. The molecule has 0 radical (unpaired) electrons. The summed E-state index contributed by atoms with van der Waals surface area (Å²) >= 11 is 4.98. The number of nitrogens with zero attached hydrogens (tertiary/aromatic N) is 2. The average molecular weight is 301 g/mol. The first-order valence-electron chi connectivity index (χ1n) is 5.28. The Balaban J connectivity index is 2.02. The van der Waals surface area contributed by atoms with Crippen molar-refractivity contribution >= 4 is 37.6 Å². The molecule has 5 heteroatoms. The Morgan fingerprint density at radius 2 is 2.38 bits per heavy atom. The van der Waals surface area contributed by atoms with Gasteiger partial charge >= 0.3 is 0 Å². The van der Waals surface area contributed by atoms with Gasteiger partial charge in [-0.15, -0.1) is 0 Å². The standard InChI is InChI=1S/C11H13BrN2OS/c1-2-3-4-15-7-10-14-9-5-8(12)6-13-11(9)16-10/h5-6H,2-4,7H2,1H3. The van der Waals surface area contributed by atoms with Crippen LogP contribution in [0.15, 0.2) is 16.7 Å². The summed E-state index contributed by atoms with van der Waals surface area (Å²) in [6.45, 7) is 3.56. The predicted molar refractivity (Wildman–Crippen MR) is 69.7 cm³/mol. The maximum absolute atomic E-state index is 5.53. The van der Waals surface area contributed by atoms with Crippen molar-refractivity contribution in [2.75, 3.05) is 6.61 Å². The quantitative estimate of drug-likeness (QED) is 0.789. The molecule has 0 aliphatic rings. The molecule has 2 rings (SSSR count). The Kier molecular flexibility index (Phi) is 4.26. The third kappa shape index (κ3) is 2.99. The monoisotopic (exact) mass is 300 g/mol. The van der Waals surface area contributed by atoms with Crippen molar-refractivity contribution in [3.63, 3.8) is 0 Å². The first-order chi connectivity index (χ1) is 7.79. The number of thiazole rings is 1. The number of aromatic nitrogens is 2. The first kappa shape index (κ1) is 12.0. The zero-order valence-corrected chi connectivity index (χ0v) is 11.5. The zero-order valence-electron chi connectivity index (χ0n) is 9.07. The van der Waals surface area contributed by atoms with E-state index in [9.17, 15) is 0 Å². The summed E-state index contributed by atoms with van der Waals surface area (Å²) in [5, 5.41) is 0.997. The van der Waals surface area contributed by atoms with Crippen LogP contribution in [0.5, 0.6) is 0 Å². The molecule has 0 unspecified atom stereocenters. The highest BCUT2D eigenvalue weighted by molar-refractivity contribution is 9.10. The van der Waals surface area contributed by atoms with E-state index in [0.29, 0.717) is 6.61 Å². The lowest BCUT2D eigenvalue weighted by atomic mass is 10.4. The van der Waals surface area contributed by atoms with Crippen molar-refractivity contribution < 1.29 is 4.74 Å². The molecule has 3 nitrogen and oxygen atoms in total. The third-order valence-corrected chi connectivity index (χ3v) is 3.51. The summed E-state index contributed by atoms with van der Waals surface area (Å²) in [6.07, 6.45) is 4.06. The van der Waals surface area contributed by atoms with Gasteiger partial charge in [0.25, 0.3) is 0 Å². The number of fused-ring (bicyclic) bond motifs is 1. The number of hydrogen-bond donors (Lipinski definition) is 0. The smallest absolute Gasteiger partial charge is 0.143 e. The highest BCUT2D eigenvalue weighted by Gasteiger charge is 2.05. The minimum absolute atomic E-state index is 0.596. The summed E-state index contributed by atoms with van der Waals surface area (Å²) < 4.78 is 6.49. The van der Waals surface area contributed by atoms with Gasteiger partial charge < -0.3 is 4.74 Å². The fourth-order valence-electron chi connectivity index (χ4n) is 1.31. The van der Waals surface area contributed by atoms with Gasteiger partial charge in [-0.05, 0) is 28.4 Å². The molecule has 2 aromatic rings. The van der Waals surface area contributed by atoms with Crippen molar-refractivity contribution in [2.24, 2.45) is 0 Å². The number of unbranched alkanes of at least 4 members (excludes halogenated alkanes) is 1. The third-order valence-electron chi connectivity index (χ3n) is 2.13. The van der Waals surface area contributed by atoms with Gasteiger partial charge in [0, 0.05) is 17.3 Å². The molecule has 0 saturated carbocycles. The Hall–Kier alpha value is -0.520. The van der Waals surface area contributed by atoms with E-state index >= 15 is 0 Å². The van der Waals surface area contributed by atoms with E-state index in [1.807, 2.05) is 6.07 Å². The predicted octanol–water partition coefficient (Wildman–Crippen LogP) is 3.77. The van der Waals surface area contributed by atoms with Crippen LogP contribution in [0.3, 0.4) is 0 Å². The van der Waals surface area contributed by atoms with Gasteiger partial charge in [-0.1, -0.05) is 24.7 Å². The van der Waals surface area contributed by atoms with Gasteiger partial charge in [-0.25, -0.2) is 9.97 Å². The molecule has 0 amide bonds. The Labute approximate surface area is 107 Å². The molecular weight excluding hydrogens is 288 g/mol. The van der Waals surface area contributed by atoms with E-state index in [1.165, 1.54) is 0 Å². The lowest BCUT2D eigenvalue weighted by molar-refractivity contribution is 0.118. The molecule has 0 atom stereocenters. The van der Waals surface area contributed by atoms with E-state index in [2.05, 4.69) is 32.8 Å². The molecule has 2 aromatic heterocycles. The second kappa shape index (κ2) is 5.70. The van der Waals surface area contributed by atoms with Crippen molar-refractivity contribution in [3.8, 4) is 0 Å². The summed E-state index contributed by atoms with van der Waals surface area (Å²) in [4.78, 5) is 9.74. The van der Waals surface area contributed by atoms with Crippen molar-refractivity contribution in [2.45, 2.75) is 26.4 Å². The summed E-state index contributed by atoms with van der Waals surface area (Å²) in [7, 11) is 0. The number of ether oxygens (including phenoxy) is 1. The second-order valence-corrected chi connectivity index (χ2v) is 5.47. The van der Waals surface area contributed by atoms with Gasteiger partial charge in [0.05, 0.1) is 6.61 Å². The molecule has 0 spiro atoms. The minimum atomic E-state index is 0.596. The van der Waals surface area contributed by atoms with Crippen molar-refractivity contribution in [1.82, 2.24) is 9.97 Å². The maximum Gasteiger partial charge on any atom is 0.143 e. The summed E-state index contributed by atoms with van der Waals surface area (Å²) in [6, 6.07) is 1.98. The van der Waals surface area contributed by atoms with Crippen LogP contribution in [0, 0.1) is 0 Å². The number of rotatable bonds is 5. The number of halogens is 1. The SMILES string of the molecule is CCCCOCc1nc2cc(Br)cnc2s1. The average Bonchev–Trinajstić information content (AvgIpc) is 2.66. The molecule has 0 bridgehead atoms. The topological polar surface area (TPSA) is 35.0 Å². The van der Waals surface area contributed by atoms with E-state index in [0.717, 1.165) is 39.3 Å². The first-order valence-corrected chi connectivity index (χ1v) is 6.89. The van der Waals surface area contributed by atoms with Crippen LogP contribution in [0.25, 0.3) is 10.3 Å². The molecule has 16 heavy (non-hydrogen) atoms. The normalized spacial score (nSPS) is 11.1. The fourth-order valence-corrected chi connectivity index (χ4v) is 2.45. The van der Waals surface area contributed by atoms with Crippen molar-refractivity contribution in [1.29, 1.82) is 0 Å². The minimum Gasteiger partial charge on any atom is -0.374 e. The van der Waals surface area contributed by atoms with E-state index in [4.69, 9.17) is 4.74 Å². The lowest BCUT2D eigenvalue weighted by Crippen LogP contribution is -1.93. The highest BCUT2D eigenvalue weighted by Crippen LogP contribution is 2.23. The van der Waals surface area contributed by atoms with Gasteiger partial charge in [0.2, 0.25) is 0 Å². The summed E-state index contributed by atoms with van der Waals surface area (Å²) in [5.74, 6) is 0. The van der Waals surface area contributed by atoms with Gasteiger partial charge in [0.1, 0.15) is 15.4 Å². The van der Waals surface area contributed by atoms with E-state index < -0.39 is 0 Å². The van der Waals surface area contributed by atoms with Crippen molar-refractivity contribution in [3.05, 3.63) is 21.7 Å². The number of hydrogen-bond acceptors (Lipinski definition) is 4. The molecule has 2 heterocycles. The second-order valence-electron chi connectivity index (χ2n) is 3.49. The van der Waals surface area contributed by atoms with Crippen LogP contribution in [0.1, 0.15) is 24.8 Å². The molecule has 0 aliphatic heterocycles.